The number of rotatable bonds is 8. The molecule has 0 aliphatic carbocycles. The fraction of sp³-hybridized carbons (Fsp3) is 0. The second-order valence-electron chi connectivity index (χ2n) is 17.9. The lowest BCUT2D eigenvalue weighted by Crippen LogP contribution is -2.74. The van der Waals surface area contributed by atoms with Gasteiger partial charge in [-0.1, -0.05) is 231 Å². The molecule has 14 aromatic rings. The highest BCUT2D eigenvalue weighted by atomic mass is 28.3. The average Bonchev–Trinajstić information content (AvgIpc) is 4.08. The summed E-state index contributed by atoms with van der Waals surface area (Å²) in [6.45, 7) is 0. The summed E-state index contributed by atoms with van der Waals surface area (Å²) in [7, 11) is -2.88. The molecule has 0 aliphatic heterocycles. The summed E-state index contributed by atoms with van der Waals surface area (Å²) in [5.74, 6) is 1.77. The van der Waals surface area contributed by atoms with E-state index in [0.29, 0.717) is 17.6 Å². The van der Waals surface area contributed by atoms with Crippen LogP contribution in [0.3, 0.4) is 0 Å². The van der Waals surface area contributed by atoms with Gasteiger partial charge in [-0.2, -0.15) is 9.97 Å². The third-order valence-corrected chi connectivity index (χ3v) is 19.1. The Bertz CT molecular complexity index is 4100. The smallest absolute Gasteiger partial charge is 0.238 e. The highest BCUT2D eigenvalue weighted by molar-refractivity contribution is 7.19. The molecule has 0 unspecified atom stereocenters. The maximum atomic E-state index is 5.56. The maximum Gasteiger partial charge on any atom is 0.238 e. The largest absolute Gasteiger partial charge is 0.307 e. The summed E-state index contributed by atoms with van der Waals surface area (Å²) in [5, 5.41) is 12.4. The van der Waals surface area contributed by atoms with Gasteiger partial charge in [0.1, 0.15) is 0 Å². The van der Waals surface area contributed by atoms with Gasteiger partial charge in [-0.15, -0.1) is 0 Å². The van der Waals surface area contributed by atoms with E-state index < -0.39 is 8.07 Å². The Balaban J connectivity index is 1.05. The van der Waals surface area contributed by atoms with E-state index in [-0.39, 0.29) is 0 Å². The Morgan fingerprint density at radius 2 is 0.710 bits per heavy atom. The van der Waals surface area contributed by atoms with Crippen LogP contribution in [0.25, 0.3) is 99.8 Å². The van der Waals surface area contributed by atoms with Crippen LogP contribution in [0.4, 0.5) is 0 Å². The monoisotopic (exact) mass is 895 g/mol. The predicted octanol–water partition coefficient (Wildman–Crippen LogP) is 12.5. The van der Waals surface area contributed by atoms with Crippen LogP contribution in [0.2, 0.25) is 0 Å². The molecule has 4 heterocycles. The second-order valence-corrected chi connectivity index (χ2v) is 21.7. The van der Waals surface area contributed by atoms with Crippen LogP contribution in [-0.2, 0) is 0 Å². The van der Waals surface area contributed by atoms with E-state index in [4.69, 9.17) is 15.0 Å². The summed E-state index contributed by atoms with van der Waals surface area (Å²) >= 11 is 0. The van der Waals surface area contributed by atoms with Crippen molar-refractivity contribution < 1.29 is 0 Å². The molecule has 0 atom stereocenters. The van der Waals surface area contributed by atoms with Crippen LogP contribution in [0.15, 0.2) is 249 Å². The van der Waals surface area contributed by atoms with Gasteiger partial charge in [0.2, 0.25) is 5.95 Å². The third kappa shape index (κ3) is 5.86. The van der Waals surface area contributed by atoms with Crippen molar-refractivity contribution in [1.82, 2.24) is 23.9 Å². The second kappa shape index (κ2) is 15.6. The molecule has 14 rings (SSSR count). The number of hydrogen-bond acceptors (Lipinski definition) is 3. The van der Waals surface area contributed by atoms with Crippen LogP contribution < -0.4 is 20.7 Å². The van der Waals surface area contributed by atoms with E-state index in [2.05, 4.69) is 258 Å². The van der Waals surface area contributed by atoms with Crippen molar-refractivity contribution >= 4 is 88.7 Å². The average molecular weight is 896 g/mol. The SMILES string of the molecule is c1ccc([Si](c2ccccc2)(c2ccccc2)c2cccc(-c3nc(-c4ccccc4-c4cccc5c6cccc7c8ccccc8n(c45)c76)nc(-n4c5ccccc5c5ccccc54)n3)c2)cc1. The quantitative estimate of drug-likeness (QED) is 0.113. The fourth-order valence-electron chi connectivity index (χ4n) is 11.4. The molecule has 0 radical (unpaired) electrons. The summed E-state index contributed by atoms with van der Waals surface area (Å²) in [6, 6.07) is 90.1. The minimum atomic E-state index is -2.88. The molecule has 0 amide bonds. The fourth-order valence-corrected chi connectivity index (χ4v) is 16.2. The minimum absolute atomic E-state index is 0.564. The first-order valence-electron chi connectivity index (χ1n) is 23.5. The third-order valence-electron chi connectivity index (χ3n) is 14.3. The summed E-state index contributed by atoms with van der Waals surface area (Å²) in [5.41, 5.74) is 9.71. The topological polar surface area (TPSA) is 48.0 Å². The molecule has 0 saturated carbocycles. The van der Waals surface area contributed by atoms with Crippen molar-refractivity contribution in [3.05, 3.63) is 249 Å². The minimum Gasteiger partial charge on any atom is -0.307 e. The van der Waals surface area contributed by atoms with E-state index in [1.807, 2.05) is 0 Å². The molecule has 322 valence electrons. The van der Waals surface area contributed by atoms with Crippen LogP contribution in [0.1, 0.15) is 0 Å². The van der Waals surface area contributed by atoms with Gasteiger partial charge in [0, 0.05) is 49.0 Å². The van der Waals surface area contributed by atoms with Crippen molar-refractivity contribution in [2.45, 2.75) is 0 Å². The van der Waals surface area contributed by atoms with Crippen molar-refractivity contribution in [2.24, 2.45) is 0 Å². The Hall–Kier alpha value is -8.97. The Labute approximate surface area is 399 Å². The molecule has 0 N–H and O–H groups in total. The van der Waals surface area contributed by atoms with Crippen LogP contribution >= 0.6 is 0 Å². The molecular formula is C63H41N5Si. The Morgan fingerprint density at radius 1 is 0.290 bits per heavy atom. The summed E-state index contributed by atoms with van der Waals surface area (Å²) < 4.78 is 4.68. The van der Waals surface area contributed by atoms with Crippen molar-refractivity contribution in [3.63, 3.8) is 0 Å². The molecule has 0 aliphatic rings. The molecule has 0 spiro atoms. The molecule has 4 aromatic heterocycles. The van der Waals surface area contributed by atoms with E-state index >= 15 is 0 Å². The summed E-state index contributed by atoms with van der Waals surface area (Å²) in [4.78, 5) is 16.6. The first-order chi connectivity index (χ1) is 34.3. The normalized spacial score (nSPS) is 12.1. The highest BCUT2D eigenvalue weighted by Gasteiger charge is 2.41. The van der Waals surface area contributed by atoms with Crippen LogP contribution in [0.5, 0.6) is 0 Å². The molecule has 6 heteroatoms. The Kier molecular flexibility index (Phi) is 8.84. The Morgan fingerprint density at radius 3 is 1.33 bits per heavy atom. The van der Waals surface area contributed by atoms with E-state index in [0.717, 1.165) is 44.1 Å². The van der Waals surface area contributed by atoms with Crippen LogP contribution in [-0.4, -0.2) is 32.0 Å². The van der Waals surface area contributed by atoms with Gasteiger partial charge >= 0.3 is 0 Å². The van der Waals surface area contributed by atoms with Gasteiger partial charge in [-0.3, -0.25) is 4.57 Å². The van der Waals surface area contributed by atoms with Crippen molar-refractivity contribution in [1.29, 1.82) is 0 Å². The first-order valence-corrected chi connectivity index (χ1v) is 25.5. The zero-order valence-corrected chi connectivity index (χ0v) is 38.4. The van der Waals surface area contributed by atoms with E-state index in [1.54, 1.807) is 0 Å². The number of para-hydroxylation sites is 5. The highest BCUT2D eigenvalue weighted by Crippen LogP contribution is 2.44. The molecule has 5 nitrogen and oxygen atoms in total. The lowest BCUT2D eigenvalue weighted by Gasteiger charge is -2.34. The standard InChI is InChI=1S/C63H41N5Si/c1-4-22-43(23-5-1)69(44-24-6-2-7-25-44,45-26-8-3-9-27-45)46-28-18-21-42(41-46)61-64-62(66-63(65-61)67-56-38-15-12-30-48(56)49-31-13-16-39-57(49)67)55-33-11-10-29-47(55)51-34-19-36-53-54-37-20-35-52-50-32-14-17-40-58(50)68(59(51)53)60(52)54/h1-41H. The predicted molar refractivity (Wildman–Crippen MR) is 289 cm³/mol. The molecule has 10 aromatic carbocycles. The zero-order valence-electron chi connectivity index (χ0n) is 37.4. The zero-order chi connectivity index (χ0) is 45.5. The van der Waals surface area contributed by atoms with Gasteiger partial charge in [0.15, 0.2) is 19.7 Å². The van der Waals surface area contributed by atoms with Gasteiger partial charge < -0.3 is 4.40 Å². The lowest BCUT2D eigenvalue weighted by molar-refractivity contribution is 0.954. The molecule has 0 saturated heterocycles. The number of hydrogen-bond donors (Lipinski definition) is 0. The van der Waals surface area contributed by atoms with E-state index in [1.165, 1.54) is 58.8 Å². The van der Waals surface area contributed by atoms with Crippen molar-refractivity contribution in [3.8, 4) is 39.9 Å². The lowest BCUT2D eigenvalue weighted by atomic mass is 9.96. The number of nitrogens with zero attached hydrogens (tertiary/aromatic N) is 5. The van der Waals surface area contributed by atoms with Crippen LogP contribution in [0, 0.1) is 0 Å². The number of fused-ring (bicyclic) bond motifs is 9. The number of aromatic nitrogens is 5. The van der Waals surface area contributed by atoms with Gasteiger partial charge in [-0.25, -0.2) is 4.98 Å². The molecule has 0 bridgehead atoms. The van der Waals surface area contributed by atoms with Gasteiger partial charge in [0.25, 0.3) is 0 Å². The van der Waals surface area contributed by atoms with Gasteiger partial charge in [0.05, 0.1) is 27.6 Å². The van der Waals surface area contributed by atoms with Crippen molar-refractivity contribution in [2.75, 3.05) is 0 Å². The molecule has 0 fully saturated rings. The molecular weight excluding hydrogens is 855 g/mol. The summed E-state index contributed by atoms with van der Waals surface area (Å²) in [6.07, 6.45) is 0. The first kappa shape index (κ1) is 39.2. The maximum absolute atomic E-state index is 5.56. The molecule has 69 heavy (non-hydrogen) atoms. The van der Waals surface area contributed by atoms with E-state index in [9.17, 15) is 0 Å². The number of benzene rings is 10. The van der Waals surface area contributed by atoms with Gasteiger partial charge in [-0.05, 0) is 44.5 Å².